The van der Waals surface area contributed by atoms with Crippen LogP contribution in [0.3, 0.4) is 0 Å². The molecule has 1 fully saturated rings. The third kappa shape index (κ3) is 2.81. The van der Waals surface area contributed by atoms with E-state index in [2.05, 4.69) is 48.7 Å². The zero-order valence-corrected chi connectivity index (χ0v) is 21.1. The summed E-state index contributed by atoms with van der Waals surface area (Å²) in [5.74, 6) is -0.325. The minimum absolute atomic E-state index is 0.139. The lowest BCUT2D eigenvalue weighted by molar-refractivity contribution is -0.128. The van der Waals surface area contributed by atoms with Gasteiger partial charge in [0.05, 0.1) is 16.7 Å². The number of hydrogen-bond donors (Lipinski definition) is 0. The number of urea groups is 1. The van der Waals surface area contributed by atoms with E-state index in [9.17, 15) is 14.4 Å². The number of nitrogens with zero attached hydrogens (tertiary/aromatic N) is 3. The lowest BCUT2D eigenvalue weighted by Gasteiger charge is -2.31. The number of amides is 4. The van der Waals surface area contributed by atoms with Gasteiger partial charge >= 0.3 is 6.03 Å². The van der Waals surface area contributed by atoms with Gasteiger partial charge in [0.2, 0.25) is 5.88 Å². The number of imide groups is 2. The fourth-order valence-corrected chi connectivity index (χ4v) is 5.75. The Morgan fingerprint density at radius 1 is 0.789 bits per heavy atom. The number of para-hydroxylation sites is 3. The summed E-state index contributed by atoms with van der Waals surface area (Å²) in [7, 11) is 1.37. The Hall–Kier alpha value is -4.91. The molecule has 38 heavy (non-hydrogen) atoms. The summed E-state index contributed by atoms with van der Waals surface area (Å²) in [4.78, 5) is 41.4. The first kappa shape index (κ1) is 22.3. The van der Waals surface area contributed by atoms with Gasteiger partial charge in [-0.1, -0.05) is 68.4 Å². The van der Waals surface area contributed by atoms with E-state index >= 15 is 0 Å². The normalized spacial score (nSPS) is 17.7. The highest BCUT2D eigenvalue weighted by molar-refractivity contribution is 6.39. The van der Waals surface area contributed by atoms with Gasteiger partial charge in [-0.15, -0.1) is 0 Å². The van der Waals surface area contributed by atoms with Gasteiger partial charge in [-0.2, -0.15) is 0 Å². The number of carbonyl (C=O) groups excluding carboxylic acids is 3. The molecular formula is C31H23N3O4. The Bertz CT molecular complexity index is 1870. The number of anilines is 1. The standard InChI is InChI=1S/C31H23N3O4/c1-31(2)23-14-9-13-21-20-12-7-8-15-25(20)34(26(21)23)29-24(31)17-19(38-29)16-22-27(35)32(3)30(37)33(28(22)36)18-10-5-4-6-11-18/h4-17H,1-3H3/b22-16+. The van der Waals surface area contributed by atoms with E-state index in [1.165, 1.54) is 18.7 Å². The third-order valence-corrected chi connectivity index (χ3v) is 7.72. The smallest absolute Gasteiger partial charge is 0.338 e. The Morgan fingerprint density at radius 2 is 1.50 bits per heavy atom. The second-order valence-electron chi connectivity index (χ2n) is 10.2. The van der Waals surface area contributed by atoms with Crippen LogP contribution >= 0.6 is 0 Å². The summed E-state index contributed by atoms with van der Waals surface area (Å²) in [5.41, 5.74) is 4.10. The fourth-order valence-electron chi connectivity index (χ4n) is 5.75. The van der Waals surface area contributed by atoms with Gasteiger partial charge in [0.25, 0.3) is 11.8 Å². The first-order valence-electron chi connectivity index (χ1n) is 12.4. The van der Waals surface area contributed by atoms with Gasteiger partial charge in [-0.25, -0.2) is 9.69 Å². The van der Waals surface area contributed by atoms with Crippen molar-refractivity contribution >= 4 is 51.4 Å². The van der Waals surface area contributed by atoms with E-state index < -0.39 is 17.8 Å². The number of hydrogen-bond acceptors (Lipinski definition) is 4. The number of barbiturate groups is 1. The Balaban J connectivity index is 1.43. The van der Waals surface area contributed by atoms with Crippen LogP contribution in [0.15, 0.2) is 88.9 Å². The lowest BCUT2D eigenvalue weighted by atomic mass is 9.76. The maximum atomic E-state index is 13.5. The van der Waals surface area contributed by atoms with Gasteiger partial charge in [-0.05, 0) is 35.9 Å². The zero-order valence-electron chi connectivity index (χ0n) is 21.1. The summed E-state index contributed by atoms with van der Waals surface area (Å²) in [6, 6.07) is 24.3. The third-order valence-electron chi connectivity index (χ3n) is 7.72. The van der Waals surface area contributed by atoms with E-state index in [4.69, 9.17) is 4.42 Å². The van der Waals surface area contributed by atoms with Crippen LogP contribution in [0.5, 0.6) is 0 Å². The van der Waals surface area contributed by atoms with Crippen molar-refractivity contribution in [3.63, 3.8) is 0 Å². The summed E-state index contributed by atoms with van der Waals surface area (Å²) in [6.07, 6.45) is 1.45. The first-order chi connectivity index (χ1) is 18.3. The monoisotopic (exact) mass is 501 g/mol. The number of rotatable bonds is 2. The van der Waals surface area contributed by atoms with Gasteiger partial charge in [0, 0.05) is 28.8 Å². The largest absolute Gasteiger partial charge is 0.440 e. The maximum absolute atomic E-state index is 13.5. The van der Waals surface area contributed by atoms with Crippen molar-refractivity contribution in [1.82, 2.24) is 9.47 Å². The van der Waals surface area contributed by atoms with Crippen molar-refractivity contribution in [2.45, 2.75) is 19.3 Å². The number of aromatic nitrogens is 1. The number of furan rings is 1. The molecule has 7 rings (SSSR count). The molecule has 7 heteroatoms. The second-order valence-corrected chi connectivity index (χ2v) is 10.2. The van der Waals surface area contributed by atoms with Gasteiger partial charge < -0.3 is 4.42 Å². The molecule has 0 unspecified atom stereocenters. The molecule has 0 radical (unpaired) electrons. The van der Waals surface area contributed by atoms with Crippen LogP contribution < -0.4 is 4.90 Å². The second kappa shape index (κ2) is 7.55. The minimum Gasteiger partial charge on any atom is -0.440 e. The predicted molar refractivity (Wildman–Crippen MR) is 145 cm³/mol. The molecule has 186 valence electrons. The molecule has 0 bridgehead atoms. The Morgan fingerprint density at radius 3 is 2.29 bits per heavy atom. The van der Waals surface area contributed by atoms with Crippen molar-refractivity contribution < 1.29 is 18.8 Å². The molecule has 2 aliphatic heterocycles. The van der Waals surface area contributed by atoms with E-state index in [1.54, 1.807) is 30.3 Å². The lowest BCUT2D eigenvalue weighted by Crippen LogP contribution is -2.55. The maximum Gasteiger partial charge on any atom is 0.338 e. The molecule has 1 saturated heterocycles. The molecule has 0 N–H and O–H groups in total. The van der Waals surface area contributed by atoms with Crippen LogP contribution in [0.4, 0.5) is 10.5 Å². The average Bonchev–Trinajstić information content (AvgIpc) is 3.50. The summed E-state index contributed by atoms with van der Waals surface area (Å²) < 4.78 is 8.54. The highest BCUT2D eigenvalue weighted by Gasteiger charge is 2.42. The summed E-state index contributed by atoms with van der Waals surface area (Å²) in [5, 5.41) is 2.27. The van der Waals surface area contributed by atoms with Gasteiger partial charge in [-0.3, -0.25) is 19.1 Å². The quantitative estimate of drug-likeness (QED) is 0.219. The highest BCUT2D eigenvalue weighted by Crippen LogP contribution is 2.48. The van der Waals surface area contributed by atoms with Gasteiger partial charge in [0.1, 0.15) is 11.3 Å². The predicted octanol–water partition coefficient (Wildman–Crippen LogP) is 6.02. The zero-order chi connectivity index (χ0) is 26.3. The van der Waals surface area contributed by atoms with Crippen molar-refractivity contribution in [2.24, 2.45) is 0 Å². The Kier molecular flexibility index (Phi) is 4.43. The fraction of sp³-hybridized carbons (Fsp3) is 0.129. The molecule has 0 spiro atoms. The van der Waals surface area contributed by atoms with Crippen LogP contribution in [-0.4, -0.2) is 34.4 Å². The van der Waals surface area contributed by atoms with E-state index in [0.717, 1.165) is 37.2 Å². The summed E-state index contributed by atoms with van der Waals surface area (Å²) in [6.45, 7) is 4.30. The molecule has 0 aliphatic carbocycles. The first-order valence-corrected chi connectivity index (χ1v) is 12.4. The number of likely N-dealkylation sites (N-methyl/N-ethyl adjacent to an activating group) is 1. The van der Waals surface area contributed by atoms with E-state index in [0.29, 0.717) is 17.3 Å². The molecule has 4 heterocycles. The van der Waals surface area contributed by atoms with Crippen LogP contribution in [-0.2, 0) is 15.0 Å². The van der Waals surface area contributed by atoms with Crippen LogP contribution in [0, 0.1) is 0 Å². The van der Waals surface area contributed by atoms with Crippen molar-refractivity contribution in [3.8, 4) is 5.88 Å². The van der Waals surface area contributed by atoms with E-state index in [1.807, 2.05) is 18.2 Å². The molecule has 3 aromatic carbocycles. The molecule has 2 aliphatic rings. The molecule has 0 saturated carbocycles. The van der Waals surface area contributed by atoms with Crippen molar-refractivity contribution in [3.05, 3.63) is 101 Å². The number of carbonyl (C=O) groups is 3. The topological polar surface area (TPSA) is 75.8 Å². The SMILES string of the molecule is CN1C(=O)/C(=C\c2cc3c(o2)-n2c4ccccc4c4cccc(c42)C3(C)C)C(=O)N(c2ccccc2)C1=O. The number of benzene rings is 3. The highest BCUT2D eigenvalue weighted by atomic mass is 16.4. The van der Waals surface area contributed by atoms with Crippen molar-refractivity contribution in [1.29, 1.82) is 0 Å². The molecule has 2 aromatic heterocycles. The summed E-state index contributed by atoms with van der Waals surface area (Å²) >= 11 is 0. The molecular weight excluding hydrogens is 478 g/mol. The Labute approximate surface area is 218 Å². The van der Waals surface area contributed by atoms with Crippen LogP contribution in [0.25, 0.3) is 33.8 Å². The van der Waals surface area contributed by atoms with E-state index in [-0.39, 0.29) is 11.0 Å². The van der Waals surface area contributed by atoms with Crippen LogP contribution in [0.1, 0.15) is 30.7 Å². The minimum atomic E-state index is -0.695. The molecule has 0 atom stereocenters. The van der Waals surface area contributed by atoms with Gasteiger partial charge in [0.15, 0.2) is 0 Å². The molecule has 7 nitrogen and oxygen atoms in total. The van der Waals surface area contributed by atoms with Crippen molar-refractivity contribution in [2.75, 3.05) is 11.9 Å². The molecule has 4 amide bonds. The average molecular weight is 502 g/mol. The number of fused-ring (bicyclic) bond motifs is 5. The van der Waals surface area contributed by atoms with Crippen LogP contribution in [0.2, 0.25) is 0 Å². The molecule has 5 aromatic rings.